The number of carbonyl (C=O) groups excluding carboxylic acids is 1. The number of carbonyl (C=O) groups is 1. The van der Waals surface area contributed by atoms with Gasteiger partial charge in [-0.1, -0.05) is 0 Å². The summed E-state index contributed by atoms with van der Waals surface area (Å²) >= 11 is 1.61. The molecule has 24 heavy (non-hydrogen) atoms. The van der Waals surface area contributed by atoms with Crippen molar-refractivity contribution in [3.8, 4) is 10.6 Å². The number of fused-ring (bicyclic) bond motifs is 1. The van der Waals surface area contributed by atoms with Gasteiger partial charge in [0.2, 0.25) is 5.91 Å². The van der Waals surface area contributed by atoms with Crippen molar-refractivity contribution in [2.45, 2.75) is 19.4 Å². The van der Waals surface area contributed by atoms with E-state index in [2.05, 4.69) is 15.2 Å². The van der Waals surface area contributed by atoms with Gasteiger partial charge in [-0.15, -0.1) is 21.5 Å². The molecule has 0 aliphatic carbocycles. The van der Waals surface area contributed by atoms with Gasteiger partial charge in [0.1, 0.15) is 17.2 Å². The monoisotopic (exact) mass is 339 g/mol. The average molecular weight is 339 g/mol. The predicted molar refractivity (Wildman–Crippen MR) is 92.8 cm³/mol. The number of rotatable bonds is 3. The first-order chi connectivity index (χ1) is 11.7. The molecule has 1 aromatic carbocycles. The van der Waals surface area contributed by atoms with Gasteiger partial charge in [0, 0.05) is 48.8 Å². The molecule has 0 spiro atoms. The van der Waals surface area contributed by atoms with Gasteiger partial charge < -0.3 is 9.47 Å². The summed E-state index contributed by atoms with van der Waals surface area (Å²) in [5.41, 5.74) is 1.97. The topological polar surface area (TPSA) is 63.9 Å². The highest BCUT2D eigenvalue weighted by molar-refractivity contribution is 7.13. The molecule has 4 rings (SSSR count). The molecule has 1 unspecified atom stereocenters. The van der Waals surface area contributed by atoms with Crippen molar-refractivity contribution in [2.24, 2.45) is 5.92 Å². The van der Waals surface area contributed by atoms with Crippen molar-refractivity contribution in [1.82, 2.24) is 19.7 Å². The molecule has 1 atom stereocenters. The molecule has 122 valence electrons. The number of hydrogen-bond acceptors (Lipinski definition) is 5. The third kappa shape index (κ3) is 2.71. The lowest BCUT2D eigenvalue weighted by Crippen LogP contribution is -2.36. The number of nitrogens with zero attached hydrogens (tertiary/aromatic N) is 5. The van der Waals surface area contributed by atoms with Crippen molar-refractivity contribution >= 4 is 22.9 Å². The van der Waals surface area contributed by atoms with Crippen LogP contribution in [0.15, 0.2) is 42.2 Å². The number of benzene rings is 1. The van der Waals surface area contributed by atoms with Crippen molar-refractivity contribution < 1.29 is 4.79 Å². The van der Waals surface area contributed by atoms with Crippen LogP contribution in [0.25, 0.3) is 10.6 Å². The predicted octanol–water partition coefficient (Wildman–Crippen LogP) is 2.63. The standard InChI is InChI=1S/C17H17N5OS/c1-21(14-4-2-12(3-5-14)16-18-7-9-24-16)17(23)13-6-8-22-11-19-20-15(22)10-13/h2-5,7,9,11,13H,6,8,10H2,1H3. The zero-order valence-corrected chi connectivity index (χ0v) is 14.1. The molecule has 1 aliphatic heterocycles. The van der Waals surface area contributed by atoms with Gasteiger partial charge in [0.05, 0.1) is 0 Å². The molecule has 3 aromatic rings. The van der Waals surface area contributed by atoms with Crippen LogP contribution >= 0.6 is 11.3 Å². The van der Waals surface area contributed by atoms with E-state index in [1.54, 1.807) is 28.8 Å². The quantitative estimate of drug-likeness (QED) is 0.736. The third-order valence-electron chi connectivity index (χ3n) is 4.46. The average Bonchev–Trinajstić information content (AvgIpc) is 3.31. The van der Waals surface area contributed by atoms with E-state index in [0.717, 1.165) is 35.0 Å². The normalized spacial score (nSPS) is 16.6. The molecule has 6 nitrogen and oxygen atoms in total. The minimum absolute atomic E-state index is 0.0367. The highest BCUT2D eigenvalue weighted by Crippen LogP contribution is 2.26. The molecular formula is C17H17N5OS. The fraction of sp³-hybridized carbons (Fsp3) is 0.294. The van der Waals surface area contributed by atoms with Crippen LogP contribution in [0.2, 0.25) is 0 Å². The lowest BCUT2D eigenvalue weighted by molar-refractivity contribution is -0.122. The molecule has 0 bridgehead atoms. The first-order valence-electron chi connectivity index (χ1n) is 7.86. The van der Waals surface area contributed by atoms with E-state index in [9.17, 15) is 4.79 Å². The van der Waals surface area contributed by atoms with E-state index >= 15 is 0 Å². The van der Waals surface area contributed by atoms with Gasteiger partial charge in [0.15, 0.2) is 0 Å². The van der Waals surface area contributed by atoms with Gasteiger partial charge in [-0.2, -0.15) is 0 Å². The third-order valence-corrected chi connectivity index (χ3v) is 5.28. The van der Waals surface area contributed by atoms with Gasteiger partial charge in [-0.3, -0.25) is 4.79 Å². The first-order valence-corrected chi connectivity index (χ1v) is 8.74. The SMILES string of the molecule is CN(C(=O)C1CCn2cnnc2C1)c1ccc(-c2nccs2)cc1. The van der Waals surface area contributed by atoms with Crippen LogP contribution in [0.1, 0.15) is 12.2 Å². The second-order valence-corrected chi connectivity index (χ2v) is 6.81. The van der Waals surface area contributed by atoms with Crippen LogP contribution in [0.4, 0.5) is 5.69 Å². The molecule has 1 amide bonds. The first kappa shape index (κ1) is 15.0. The summed E-state index contributed by atoms with van der Waals surface area (Å²) in [5, 5.41) is 11.0. The van der Waals surface area contributed by atoms with Crippen LogP contribution < -0.4 is 4.90 Å². The molecule has 0 radical (unpaired) electrons. The number of amides is 1. The maximum Gasteiger partial charge on any atom is 0.230 e. The number of aryl methyl sites for hydroxylation is 1. The Bertz CT molecular complexity index is 840. The fourth-order valence-electron chi connectivity index (χ4n) is 3.05. The second kappa shape index (κ2) is 6.16. The van der Waals surface area contributed by atoms with Crippen LogP contribution in [-0.4, -0.2) is 32.7 Å². The van der Waals surface area contributed by atoms with Gasteiger partial charge >= 0.3 is 0 Å². The van der Waals surface area contributed by atoms with Crippen LogP contribution in [0.5, 0.6) is 0 Å². The summed E-state index contributed by atoms with van der Waals surface area (Å²) in [5.74, 6) is 0.990. The van der Waals surface area contributed by atoms with Crippen LogP contribution in [0.3, 0.4) is 0 Å². The Kier molecular flexibility index (Phi) is 3.86. The van der Waals surface area contributed by atoms with Crippen LogP contribution in [0, 0.1) is 5.92 Å². The molecule has 2 aromatic heterocycles. The molecule has 7 heteroatoms. The minimum atomic E-state index is -0.0367. The fourth-order valence-corrected chi connectivity index (χ4v) is 3.69. The Morgan fingerprint density at radius 2 is 2.17 bits per heavy atom. The smallest absolute Gasteiger partial charge is 0.230 e. The summed E-state index contributed by atoms with van der Waals surface area (Å²) in [6.07, 6.45) is 5.01. The summed E-state index contributed by atoms with van der Waals surface area (Å²) in [4.78, 5) is 18.8. The number of aromatic nitrogens is 4. The van der Waals surface area contributed by atoms with Crippen LogP contribution in [-0.2, 0) is 17.8 Å². The molecule has 0 saturated heterocycles. The molecule has 0 saturated carbocycles. The summed E-state index contributed by atoms with van der Waals surface area (Å²) in [7, 11) is 1.83. The number of thiazole rings is 1. The van der Waals surface area contributed by atoms with Crippen molar-refractivity contribution in [3.63, 3.8) is 0 Å². The Morgan fingerprint density at radius 3 is 2.92 bits per heavy atom. The maximum absolute atomic E-state index is 12.8. The molecule has 3 heterocycles. The van der Waals surface area contributed by atoms with E-state index in [0.29, 0.717) is 6.42 Å². The summed E-state index contributed by atoms with van der Waals surface area (Å²) < 4.78 is 2.02. The Hall–Kier alpha value is -2.54. The molecular weight excluding hydrogens is 322 g/mol. The lowest BCUT2D eigenvalue weighted by atomic mass is 9.96. The van der Waals surface area contributed by atoms with Gasteiger partial charge in [-0.25, -0.2) is 4.98 Å². The number of anilines is 1. The Labute approximate surface area is 143 Å². The highest BCUT2D eigenvalue weighted by Gasteiger charge is 2.28. The number of hydrogen-bond donors (Lipinski definition) is 0. The van der Waals surface area contributed by atoms with E-state index in [1.807, 2.05) is 41.3 Å². The zero-order chi connectivity index (χ0) is 16.5. The molecule has 1 aliphatic rings. The van der Waals surface area contributed by atoms with E-state index in [1.165, 1.54) is 0 Å². The van der Waals surface area contributed by atoms with E-state index in [4.69, 9.17) is 0 Å². The zero-order valence-electron chi connectivity index (χ0n) is 13.3. The lowest BCUT2D eigenvalue weighted by Gasteiger charge is -2.26. The van der Waals surface area contributed by atoms with E-state index in [-0.39, 0.29) is 11.8 Å². The van der Waals surface area contributed by atoms with Crippen molar-refractivity contribution in [1.29, 1.82) is 0 Å². The minimum Gasteiger partial charge on any atom is -0.318 e. The molecule has 0 fully saturated rings. The highest BCUT2D eigenvalue weighted by atomic mass is 32.1. The second-order valence-electron chi connectivity index (χ2n) is 5.91. The summed E-state index contributed by atoms with van der Waals surface area (Å²) in [6, 6.07) is 7.96. The largest absolute Gasteiger partial charge is 0.318 e. The van der Waals surface area contributed by atoms with Gasteiger partial charge in [0.25, 0.3) is 0 Å². The van der Waals surface area contributed by atoms with Gasteiger partial charge in [-0.05, 0) is 30.7 Å². The van der Waals surface area contributed by atoms with Crippen molar-refractivity contribution in [3.05, 3.63) is 48.0 Å². The summed E-state index contributed by atoms with van der Waals surface area (Å²) in [6.45, 7) is 0.801. The maximum atomic E-state index is 12.8. The Balaban J connectivity index is 1.49. The van der Waals surface area contributed by atoms with Crippen molar-refractivity contribution in [2.75, 3.05) is 11.9 Å². The Morgan fingerprint density at radius 1 is 1.33 bits per heavy atom. The molecule has 0 N–H and O–H groups in total. The van der Waals surface area contributed by atoms with E-state index < -0.39 is 0 Å².